The molecule has 1 N–H and O–H groups in total. The highest BCUT2D eigenvalue weighted by Gasteiger charge is 2.23. The topological polar surface area (TPSA) is 87.7 Å². The SMILES string of the molecule is CNC(=O)CSc1nnc(N2CCN(C(=O)COc3ccc(Cl)cc3)CC2)s1. The van der Waals surface area contributed by atoms with Crippen molar-refractivity contribution in [3.63, 3.8) is 0 Å². The second-order valence-corrected chi connectivity index (χ2v) is 8.54. The number of halogens is 1. The minimum absolute atomic E-state index is 0.000715. The molecule has 2 amide bonds. The number of anilines is 1. The molecule has 28 heavy (non-hydrogen) atoms. The molecule has 1 aromatic heterocycles. The second kappa shape index (κ2) is 9.94. The van der Waals surface area contributed by atoms with Crippen molar-refractivity contribution in [3.8, 4) is 5.75 Å². The number of aromatic nitrogens is 2. The highest BCUT2D eigenvalue weighted by Crippen LogP contribution is 2.28. The van der Waals surface area contributed by atoms with E-state index < -0.39 is 0 Å². The van der Waals surface area contributed by atoms with Gasteiger partial charge in [-0.25, -0.2) is 0 Å². The summed E-state index contributed by atoms with van der Waals surface area (Å²) in [5.74, 6) is 0.844. The molecule has 0 spiro atoms. The maximum absolute atomic E-state index is 12.4. The molecule has 0 saturated carbocycles. The van der Waals surface area contributed by atoms with Crippen molar-refractivity contribution >= 4 is 51.6 Å². The van der Waals surface area contributed by atoms with E-state index in [1.807, 2.05) is 0 Å². The summed E-state index contributed by atoms with van der Waals surface area (Å²) in [6, 6.07) is 6.93. The number of ether oxygens (including phenoxy) is 1. The predicted molar refractivity (Wildman–Crippen MR) is 110 cm³/mol. The highest BCUT2D eigenvalue weighted by atomic mass is 35.5. The monoisotopic (exact) mass is 441 g/mol. The average molecular weight is 442 g/mol. The molecule has 3 rings (SSSR count). The van der Waals surface area contributed by atoms with Gasteiger partial charge in [0.1, 0.15) is 5.75 Å². The number of thioether (sulfide) groups is 1. The summed E-state index contributed by atoms with van der Waals surface area (Å²) in [4.78, 5) is 27.6. The number of nitrogens with one attached hydrogen (secondary N) is 1. The summed E-state index contributed by atoms with van der Waals surface area (Å²) in [5.41, 5.74) is 0. The summed E-state index contributed by atoms with van der Waals surface area (Å²) >= 11 is 8.66. The first kappa shape index (κ1) is 20.7. The van der Waals surface area contributed by atoms with E-state index >= 15 is 0 Å². The van der Waals surface area contributed by atoms with Crippen LogP contribution in [0.1, 0.15) is 0 Å². The van der Waals surface area contributed by atoms with E-state index in [2.05, 4.69) is 20.4 Å². The Morgan fingerprint density at radius 2 is 1.93 bits per heavy atom. The van der Waals surface area contributed by atoms with Gasteiger partial charge < -0.3 is 19.9 Å². The van der Waals surface area contributed by atoms with E-state index in [0.29, 0.717) is 42.7 Å². The lowest BCUT2D eigenvalue weighted by molar-refractivity contribution is -0.133. The summed E-state index contributed by atoms with van der Waals surface area (Å²) in [6.07, 6.45) is 0. The van der Waals surface area contributed by atoms with Crippen LogP contribution in [0.3, 0.4) is 0 Å². The normalized spacial score (nSPS) is 14.1. The highest BCUT2D eigenvalue weighted by molar-refractivity contribution is 8.01. The third-order valence-electron chi connectivity index (χ3n) is 4.08. The Kier molecular flexibility index (Phi) is 7.35. The molecule has 1 saturated heterocycles. The molecule has 0 atom stereocenters. The van der Waals surface area contributed by atoms with Crippen molar-refractivity contribution in [2.45, 2.75) is 4.34 Å². The Morgan fingerprint density at radius 3 is 2.61 bits per heavy atom. The standard InChI is InChI=1S/C17H20ClN5O3S2/c1-19-14(24)11-27-17-21-20-16(28-17)23-8-6-22(7-9-23)15(25)10-26-13-4-2-12(18)3-5-13/h2-5H,6-11H2,1H3,(H,19,24). The number of rotatable bonds is 7. The van der Waals surface area contributed by atoms with Gasteiger partial charge in [-0.05, 0) is 24.3 Å². The summed E-state index contributed by atoms with van der Waals surface area (Å²) in [6.45, 7) is 2.57. The summed E-state index contributed by atoms with van der Waals surface area (Å²) < 4.78 is 6.28. The fourth-order valence-corrected chi connectivity index (χ4v) is 4.39. The van der Waals surface area contributed by atoms with Crippen LogP contribution in [0.5, 0.6) is 5.75 Å². The predicted octanol–water partition coefficient (Wildman–Crippen LogP) is 1.76. The zero-order chi connectivity index (χ0) is 19.9. The van der Waals surface area contributed by atoms with Gasteiger partial charge in [0.25, 0.3) is 5.91 Å². The molecule has 2 heterocycles. The molecule has 1 aliphatic heterocycles. The fourth-order valence-electron chi connectivity index (χ4n) is 2.50. The van der Waals surface area contributed by atoms with Gasteiger partial charge in [0.2, 0.25) is 11.0 Å². The number of piperazine rings is 1. The van der Waals surface area contributed by atoms with Crippen LogP contribution >= 0.6 is 34.7 Å². The zero-order valence-corrected chi connectivity index (χ0v) is 17.6. The number of nitrogens with zero attached hydrogens (tertiary/aromatic N) is 4. The average Bonchev–Trinajstić information content (AvgIpc) is 3.20. The maximum Gasteiger partial charge on any atom is 0.260 e. The Bertz CT molecular complexity index is 809. The lowest BCUT2D eigenvalue weighted by Gasteiger charge is -2.34. The Morgan fingerprint density at radius 1 is 1.21 bits per heavy atom. The number of carbonyl (C=O) groups is 2. The molecule has 8 nitrogen and oxygen atoms in total. The van der Waals surface area contributed by atoms with Gasteiger partial charge in [-0.15, -0.1) is 10.2 Å². The fraction of sp³-hybridized carbons (Fsp3) is 0.412. The van der Waals surface area contributed by atoms with Gasteiger partial charge in [-0.1, -0.05) is 34.7 Å². The largest absolute Gasteiger partial charge is 0.484 e. The van der Waals surface area contributed by atoms with Crippen molar-refractivity contribution in [3.05, 3.63) is 29.3 Å². The van der Waals surface area contributed by atoms with E-state index in [1.54, 1.807) is 36.2 Å². The summed E-state index contributed by atoms with van der Waals surface area (Å²) in [5, 5.41) is 12.3. The molecule has 11 heteroatoms. The molecular formula is C17H20ClN5O3S2. The number of hydrogen-bond acceptors (Lipinski definition) is 8. The van der Waals surface area contributed by atoms with E-state index in [-0.39, 0.29) is 18.4 Å². The van der Waals surface area contributed by atoms with Crippen LogP contribution in [-0.2, 0) is 9.59 Å². The van der Waals surface area contributed by atoms with Crippen LogP contribution in [0.15, 0.2) is 28.6 Å². The Balaban J connectivity index is 1.43. The third-order valence-corrected chi connectivity index (χ3v) is 6.45. The Hall–Kier alpha value is -2.04. The van der Waals surface area contributed by atoms with Crippen molar-refractivity contribution in [1.29, 1.82) is 0 Å². The smallest absolute Gasteiger partial charge is 0.260 e. The van der Waals surface area contributed by atoms with Crippen molar-refractivity contribution in [2.24, 2.45) is 0 Å². The number of amides is 2. The minimum atomic E-state index is -0.0475. The second-order valence-electron chi connectivity index (χ2n) is 5.92. The first-order chi connectivity index (χ1) is 13.5. The van der Waals surface area contributed by atoms with E-state index in [4.69, 9.17) is 16.3 Å². The number of carbonyl (C=O) groups excluding carboxylic acids is 2. The van der Waals surface area contributed by atoms with Gasteiger partial charge in [-0.3, -0.25) is 9.59 Å². The first-order valence-electron chi connectivity index (χ1n) is 8.63. The van der Waals surface area contributed by atoms with Gasteiger partial charge in [0, 0.05) is 38.2 Å². The van der Waals surface area contributed by atoms with Crippen molar-refractivity contribution in [2.75, 3.05) is 50.5 Å². The van der Waals surface area contributed by atoms with Crippen LogP contribution in [0, 0.1) is 0 Å². The molecule has 0 radical (unpaired) electrons. The van der Waals surface area contributed by atoms with Gasteiger partial charge in [0.15, 0.2) is 10.9 Å². The number of benzene rings is 1. The van der Waals surface area contributed by atoms with Crippen LogP contribution in [-0.4, -0.2) is 72.5 Å². The Labute approximate surface area is 176 Å². The molecule has 0 bridgehead atoms. The zero-order valence-electron chi connectivity index (χ0n) is 15.3. The lowest BCUT2D eigenvalue weighted by Crippen LogP contribution is -2.50. The van der Waals surface area contributed by atoms with Crippen LogP contribution < -0.4 is 15.0 Å². The molecule has 1 aromatic carbocycles. The van der Waals surface area contributed by atoms with Gasteiger partial charge in [0.05, 0.1) is 5.75 Å². The molecule has 150 valence electrons. The third kappa shape index (κ3) is 5.73. The first-order valence-corrected chi connectivity index (χ1v) is 10.8. The van der Waals surface area contributed by atoms with Crippen LogP contribution in [0.2, 0.25) is 5.02 Å². The van der Waals surface area contributed by atoms with E-state index in [0.717, 1.165) is 9.47 Å². The van der Waals surface area contributed by atoms with Crippen molar-refractivity contribution < 1.29 is 14.3 Å². The summed E-state index contributed by atoms with van der Waals surface area (Å²) in [7, 11) is 1.61. The van der Waals surface area contributed by atoms with E-state index in [1.165, 1.54) is 23.1 Å². The maximum atomic E-state index is 12.4. The molecular weight excluding hydrogens is 422 g/mol. The molecule has 1 aliphatic rings. The van der Waals surface area contributed by atoms with Gasteiger partial charge in [-0.2, -0.15) is 0 Å². The lowest BCUT2D eigenvalue weighted by atomic mass is 10.3. The molecule has 1 fully saturated rings. The molecule has 0 aliphatic carbocycles. The quantitative estimate of drug-likeness (QED) is 0.655. The van der Waals surface area contributed by atoms with Crippen LogP contribution in [0.25, 0.3) is 0 Å². The van der Waals surface area contributed by atoms with Crippen molar-refractivity contribution in [1.82, 2.24) is 20.4 Å². The van der Waals surface area contributed by atoms with Gasteiger partial charge >= 0.3 is 0 Å². The molecule has 2 aromatic rings. The van der Waals surface area contributed by atoms with E-state index in [9.17, 15) is 9.59 Å². The molecule has 0 unspecified atom stereocenters. The van der Waals surface area contributed by atoms with Crippen LogP contribution in [0.4, 0.5) is 5.13 Å². The minimum Gasteiger partial charge on any atom is -0.484 e. The number of hydrogen-bond donors (Lipinski definition) is 1.